The van der Waals surface area contributed by atoms with Crippen molar-refractivity contribution < 1.29 is 4.74 Å². The van der Waals surface area contributed by atoms with Gasteiger partial charge < -0.3 is 15.0 Å². The zero-order valence-electron chi connectivity index (χ0n) is 9.56. The average molecular weight is 252 g/mol. The normalized spacial score (nSPS) is 24.6. The second-order valence-electron chi connectivity index (χ2n) is 4.38. The molecular formula is C12H14ClN3O. The molecule has 0 spiro atoms. The van der Waals surface area contributed by atoms with Gasteiger partial charge in [0.15, 0.2) is 0 Å². The highest BCUT2D eigenvalue weighted by Gasteiger charge is 2.29. The lowest BCUT2D eigenvalue weighted by Gasteiger charge is -2.18. The highest BCUT2D eigenvalue weighted by molar-refractivity contribution is 6.35. The number of nitrogens with two attached hydrogens (primary N) is 1. The molecule has 2 aromatic rings. The van der Waals surface area contributed by atoms with E-state index in [1.165, 1.54) is 0 Å². The second-order valence-corrected chi connectivity index (χ2v) is 4.79. The summed E-state index contributed by atoms with van der Waals surface area (Å²) in [6.45, 7) is 2.81. The lowest BCUT2D eigenvalue weighted by Crippen LogP contribution is -2.18. The van der Waals surface area contributed by atoms with Crippen molar-refractivity contribution in [3.05, 3.63) is 23.2 Å². The number of anilines is 1. The van der Waals surface area contributed by atoms with Gasteiger partial charge in [-0.3, -0.25) is 0 Å². The quantitative estimate of drug-likeness (QED) is 0.848. The van der Waals surface area contributed by atoms with Crippen LogP contribution in [0.15, 0.2) is 18.2 Å². The predicted molar refractivity (Wildman–Crippen MR) is 68.2 cm³/mol. The molecule has 1 aliphatic heterocycles. The summed E-state index contributed by atoms with van der Waals surface area (Å²) < 4.78 is 7.60. The molecule has 3 rings (SSSR count). The summed E-state index contributed by atoms with van der Waals surface area (Å²) in [5.74, 6) is 0.510. The van der Waals surface area contributed by atoms with Gasteiger partial charge in [-0.1, -0.05) is 17.7 Å². The minimum Gasteiger partial charge on any atom is -0.376 e. The maximum Gasteiger partial charge on any atom is 0.201 e. The molecule has 2 N–H and O–H groups in total. The number of nitrogen functional groups attached to an aromatic ring is 1. The van der Waals surface area contributed by atoms with Gasteiger partial charge in [0.25, 0.3) is 0 Å². The third-order valence-electron chi connectivity index (χ3n) is 3.36. The molecule has 0 bridgehead atoms. The molecule has 0 saturated carbocycles. The summed E-state index contributed by atoms with van der Waals surface area (Å²) in [6.07, 6.45) is 1.09. The van der Waals surface area contributed by atoms with Gasteiger partial charge in [0.05, 0.1) is 28.2 Å². The minimum absolute atomic E-state index is 0.144. The summed E-state index contributed by atoms with van der Waals surface area (Å²) in [7, 11) is 0. The number of fused-ring (bicyclic) bond motifs is 1. The molecule has 1 aromatic heterocycles. The van der Waals surface area contributed by atoms with Crippen molar-refractivity contribution in [3.63, 3.8) is 0 Å². The van der Waals surface area contributed by atoms with Crippen LogP contribution in [-0.2, 0) is 4.74 Å². The first kappa shape index (κ1) is 10.9. The molecule has 2 atom stereocenters. The Bertz CT molecular complexity index is 566. The zero-order chi connectivity index (χ0) is 12.0. The van der Waals surface area contributed by atoms with Gasteiger partial charge in [-0.2, -0.15) is 0 Å². The molecule has 1 aromatic carbocycles. The molecule has 1 saturated heterocycles. The molecule has 5 heteroatoms. The van der Waals surface area contributed by atoms with Gasteiger partial charge in [0, 0.05) is 6.61 Å². The fourth-order valence-corrected chi connectivity index (χ4v) is 2.78. The smallest absolute Gasteiger partial charge is 0.201 e. The molecule has 1 fully saturated rings. The Hall–Kier alpha value is -1.26. The van der Waals surface area contributed by atoms with Crippen LogP contribution in [0.1, 0.15) is 19.4 Å². The van der Waals surface area contributed by atoms with Crippen LogP contribution < -0.4 is 5.73 Å². The fraction of sp³-hybridized carbons (Fsp3) is 0.417. The molecule has 1 aliphatic rings. The molecule has 0 amide bonds. The third kappa shape index (κ3) is 1.59. The lowest BCUT2D eigenvalue weighted by molar-refractivity contribution is 0.109. The van der Waals surface area contributed by atoms with E-state index in [0.29, 0.717) is 11.0 Å². The number of para-hydroxylation sites is 1. The largest absolute Gasteiger partial charge is 0.376 e. The first-order valence-corrected chi connectivity index (χ1v) is 6.10. The molecule has 17 heavy (non-hydrogen) atoms. The van der Waals surface area contributed by atoms with Crippen molar-refractivity contribution in [3.8, 4) is 0 Å². The minimum atomic E-state index is 0.144. The van der Waals surface area contributed by atoms with Crippen LogP contribution in [0.2, 0.25) is 5.02 Å². The highest BCUT2D eigenvalue weighted by Crippen LogP contribution is 2.34. The predicted octanol–water partition coefficient (Wildman–Crippen LogP) is 2.62. The number of benzene rings is 1. The fourth-order valence-electron chi connectivity index (χ4n) is 2.52. The van der Waals surface area contributed by atoms with E-state index in [4.69, 9.17) is 22.1 Å². The van der Waals surface area contributed by atoms with Crippen LogP contribution in [0.5, 0.6) is 0 Å². The summed E-state index contributed by atoms with van der Waals surface area (Å²) >= 11 is 6.24. The monoisotopic (exact) mass is 251 g/mol. The zero-order valence-corrected chi connectivity index (χ0v) is 10.3. The molecule has 90 valence electrons. The third-order valence-corrected chi connectivity index (χ3v) is 3.66. The number of ether oxygens (including phenoxy) is 1. The lowest BCUT2D eigenvalue weighted by atomic mass is 10.1. The summed E-state index contributed by atoms with van der Waals surface area (Å²) in [4.78, 5) is 4.35. The number of nitrogens with zero attached hydrogens (tertiary/aromatic N) is 2. The maximum atomic E-state index is 6.24. The Kier molecular flexibility index (Phi) is 2.49. The van der Waals surface area contributed by atoms with E-state index in [9.17, 15) is 0 Å². The first-order chi connectivity index (χ1) is 8.18. The van der Waals surface area contributed by atoms with Gasteiger partial charge >= 0.3 is 0 Å². The van der Waals surface area contributed by atoms with E-state index in [2.05, 4.69) is 11.9 Å². The highest BCUT2D eigenvalue weighted by atomic mass is 35.5. The Morgan fingerprint density at radius 1 is 1.53 bits per heavy atom. The first-order valence-electron chi connectivity index (χ1n) is 5.72. The Labute approximate surface area is 104 Å². The summed E-state index contributed by atoms with van der Waals surface area (Å²) in [6, 6.07) is 5.90. The summed E-state index contributed by atoms with van der Waals surface area (Å²) in [5.41, 5.74) is 7.75. The van der Waals surface area contributed by atoms with E-state index >= 15 is 0 Å². The molecular weight excluding hydrogens is 238 g/mol. The van der Waals surface area contributed by atoms with Gasteiger partial charge in [0.2, 0.25) is 5.95 Å². The summed E-state index contributed by atoms with van der Waals surface area (Å²) in [5, 5.41) is 0.686. The number of rotatable bonds is 1. The van der Waals surface area contributed by atoms with E-state index < -0.39 is 0 Å². The number of imidazole rings is 1. The second kappa shape index (κ2) is 3.89. The van der Waals surface area contributed by atoms with Crippen molar-refractivity contribution in [2.75, 3.05) is 12.3 Å². The van der Waals surface area contributed by atoms with E-state index in [0.717, 1.165) is 24.1 Å². The van der Waals surface area contributed by atoms with Crippen molar-refractivity contribution in [1.82, 2.24) is 9.55 Å². The van der Waals surface area contributed by atoms with Crippen molar-refractivity contribution >= 4 is 28.6 Å². The average Bonchev–Trinajstić information content (AvgIpc) is 2.82. The number of hydrogen-bond donors (Lipinski definition) is 1. The van der Waals surface area contributed by atoms with Gasteiger partial charge in [-0.05, 0) is 25.5 Å². The van der Waals surface area contributed by atoms with Crippen LogP contribution >= 0.6 is 11.6 Å². The number of hydrogen-bond acceptors (Lipinski definition) is 3. The van der Waals surface area contributed by atoms with Crippen LogP contribution in [0.3, 0.4) is 0 Å². The number of aromatic nitrogens is 2. The standard InChI is InChI=1S/C12H14ClN3O/c1-7-10(5-6-17-7)16-11-8(13)3-2-4-9(11)15-12(16)14/h2-4,7,10H,5-6H2,1H3,(H2,14,15). The maximum absolute atomic E-state index is 6.24. The SMILES string of the molecule is CC1OCCC1n1c(N)nc2cccc(Cl)c21. The molecule has 0 radical (unpaired) electrons. The van der Waals surface area contributed by atoms with Crippen LogP contribution in [0.4, 0.5) is 5.95 Å². The van der Waals surface area contributed by atoms with Gasteiger partial charge in [0.1, 0.15) is 0 Å². The van der Waals surface area contributed by atoms with Crippen molar-refractivity contribution in [2.45, 2.75) is 25.5 Å². The molecule has 2 heterocycles. The van der Waals surface area contributed by atoms with E-state index in [-0.39, 0.29) is 12.1 Å². The van der Waals surface area contributed by atoms with E-state index in [1.54, 1.807) is 0 Å². The van der Waals surface area contributed by atoms with Crippen molar-refractivity contribution in [2.24, 2.45) is 0 Å². The van der Waals surface area contributed by atoms with Crippen molar-refractivity contribution in [1.29, 1.82) is 0 Å². The van der Waals surface area contributed by atoms with Crippen LogP contribution in [0.25, 0.3) is 11.0 Å². The Balaban J connectivity index is 2.24. The molecule has 0 aliphatic carbocycles. The van der Waals surface area contributed by atoms with E-state index in [1.807, 2.05) is 22.8 Å². The molecule has 4 nitrogen and oxygen atoms in total. The Morgan fingerprint density at radius 2 is 2.35 bits per heavy atom. The van der Waals surface area contributed by atoms with Gasteiger partial charge in [-0.25, -0.2) is 4.98 Å². The topological polar surface area (TPSA) is 53.1 Å². The van der Waals surface area contributed by atoms with Crippen LogP contribution in [-0.4, -0.2) is 22.3 Å². The Morgan fingerprint density at radius 3 is 3.06 bits per heavy atom. The van der Waals surface area contributed by atoms with Crippen LogP contribution in [0, 0.1) is 0 Å². The molecule has 2 unspecified atom stereocenters. The number of halogens is 1. The van der Waals surface area contributed by atoms with Gasteiger partial charge in [-0.15, -0.1) is 0 Å².